The predicted octanol–water partition coefficient (Wildman–Crippen LogP) is 4.77. The first-order valence-corrected chi connectivity index (χ1v) is 9.88. The Bertz CT molecular complexity index is 771. The maximum absolute atomic E-state index is 12.1. The first-order valence-electron chi connectivity index (χ1n) is 8.94. The smallest absolute Gasteiger partial charge is 0.240 e. The van der Waals surface area contributed by atoms with E-state index in [1.165, 1.54) is 5.56 Å². The van der Waals surface area contributed by atoms with Crippen molar-refractivity contribution < 1.29 is 4.79 Å². The Morgan fingerprint density at radius 1 is 1.19 bits per heavy atom. The van der Waals surface area contributed by atoms with E-state index < -0.39 is 6.04 Å². The molecule has 1 aromatic heterocycles. The summed E-state index contributed by atoms with van der Waals surface area (Å²) < 4.78 is 0. The summed E-state index contributed by atoms with van der Waals surface area (Å²) in [7, 11) is 0. The largest absolute Gasteiger partial charge is 0.368 e. The third-order valence-electron chi connectivity index (χ3n) is 4.48. The fourth-order valence-corrected chi connectivity index (χ4v) is 3.91. The number of carbonyl (C=O) groups excluding carboxylic acids is 1. The monoisotopic (exact) mass is 369 g/mol. The van der Waals surface area contributed by atoms with E-state index in [1.54, 1.807) is 11.3 Å². The highest BCUT2D eigenvalue weighted by Crippen LogP contribution is 2.36. The van der Waals surface area contributed by atoms with Gasteiger partial charge in [-0.05, 0) is 29.4 Å². The highest BCUT2D eigenvalue weighted by atomic mass is 32.1. The number of nitriles is 1. The summed E-state index contributed by atoms with van der Waals surface area (Å²) in [6.07, 6.45) is 0.624. The Morgan fingerprint density at radius 3 is 2.35 bits per heavy atom. The molecule has 0 radical (unpaired) electrons. The molecule has 2 aromatic rings. The Balaban J connectivity index is 2.43. The molecule has 2 N–H and O–H groups in total. The van der Waals surface area contributed by atoms with Gasteiger partial charge in [-0.1, -0.05) is 52.0 Å². The van der Waals surface area contributed by atoms with E-state index in [2.05, 4.69) is 63.4 Å². The van der Waals surface area contributed by atoms with E-state index in [0.717, 1.165) is 16.8 Å². The van der Waals surface area contributed by atoms with Gasteiger partial charge in [-0.15, -0.1) is 11.3 Å². The molecule has 0 unspecified atom stereocenters. The van der Waals surface area contributed by atoms with Gasteiger partial charge in [0.05, 0.1) is 11.8 Å². The number of rotatable bonds is 8. The van der Waals surface area contributed by atoms with E-state index in [9.17, 15) is 10.1 Å². The number of benzene rings is 1. The lowest BCUT2D eigenvalue weighted by Crippen LogP contribution is -2.46. The van der Waals surface area contributed by atoms with E-state index in [0.29, 0.717) is 18.3 Å². The highest BCUT2D eigenvalue weighted by Gasteiger charge is 2.27. The van der Waals surface area contributed by atoms with Gasteiger partial charge in [-0.25, -0.2) is 0 Å². The van der Waals surface area contributed by atoms with Crippen molar-refractivity contribution in [2.24, 2.45) is 11.7 Å². The third-order valence-corrected chi connectivity index (χ3v) is 5.21. The summed E-state index contributed by atoms with van der Waals surface area (Å²) in [4.78, 5) is 13.9. The standard InChI is InChI=1S/C21H27N3OS/c1-14(2)11-19(21(23)25)24(10-9-22)20-13-26-12-18(20)17-7-5-16(6-8-17)15(3)4/h5-8,12-15,19H,10-11H2,1-4H3,(H2,23,25)/t19-/m0/s1. The fraction of sp³-hybridized carbons (Fsp3) is 0.429. The van der Waals surface area contributed by atoms with E-state index in [-0.39, 0.29) is 12.5 Å². The van der Waals surface area contributed by atoms with Crippen molar-refractivity contribution in [3.63, 3.8) is 0 Å². The third kappa shape index (κ3) is 4.64. The molecule has 1 heterocycles. The number of nitrogens with zero attached hydrogens (tertiary/aromatic N) is 2. The van der Waals surface area contributed by atoms with Gasteiger partial charge >= 0.3 is 0 Å². The van der Waals surface area contributed by atoms with Gasteiger partial charge in [0.2, 0.25) is 5.91 Å². The Hall–Kier alpha value is -2.32. The summed E-state index contributed by atoms with van der Waals surface area (Å²) in [5.74, 6) is 0.397. The maximum Gasteiger partial charge on any atom is 0.240 e. The van der Waals surface area contributed by atoms with Crippen LogP contribution in [0.15, 0.2) is 35.0 Å². The second kappa shape index (κ2) is 8.86. The van der Waals surface area contributed by atoms with Crippen LogP contribution in [0.3, 0.4) is 0 Å². The van der Waals surface area contributed by atoms with Crippen molar-refractivity contribution in [2.75, 3.05) is 11.4 Å². The molecule has 0 bridgehead atoms. The van der Waals surface area contributed by atoms with Crippen LogP contribution in [-0.2, 0) is 4.79 Å². The minimum Gasteiger partial charge on any atom is -0.368 e. The average Bonchev–Trinajstić information content (AvgIpc) is 3.07. The first kappa shape index (κ1) is 20.0. The van der Waals surface area contributed by atoms with Crippen LogP contribution in [-0.4, -0.2) is 18.5 Å². The SMILES string of the molecule is CC(C)C[C@@H](C(N)=O)N(CC#N)c1cscc1-c1ccc(C(C)C)cc1. The molecule has 0 spiro atoms. The fourth-order valence-electron chi connectivity index (χ4n) is 3.06. The van der Waals surface area contributed by atoms with Gasteiger partial charge < -0.3 is 10.6 Å². The topological polar surface area (TPSA) is 70.1 Å². The second-order valence-electron chi connectivity index (χ2n) is 7.28. The summed E-state index contributed by atoms with van der Waals surface area (Å²) in [5, 5.41) is 13.4. The number of anilines is 1. The number of hydrogen-bond acceptors (Lipinski definition) is 4. The van der Waals surface area contributed by atoms with E-state index >= 15 is 0 Å². The molecule has 0 saturated carbocycles. The van der Waals surface area contributed by atoms with Crippen molar-refractivity contribution in [1.82, 2.24) is 0 Å². The summed E-state index contributed by atoms with van der Waals surface area (Å²) >= 11 is 1.57. The summed E-state index contributed by atoms with van der Waals surface area (Å²) in [6.45, 7) is 8.58. The molecule has 4 nitrogen and oxygen atoms in total. The number of carbonyl (C=O) groups is 1. The van der Waals surface area contributed by atoms with Gasteiger partial charge in [-0.2, -0.15) is 5.26 Å². The molecule has 1 atom stereocenters. The number of nitrogens with two attached hydrogens (primary N) is 1. The molecule has 1 aromatic carbocycles. The van der Waals surface area contributed by atoms with Crippen molar-refractivity contribution >= 4 is 22.9 Å². The van der Waals surface area contributed by atoms with Crippen molar-refractivity contribution in [2.45, 2.75) is 46.1 Å². The van der Waals surface area contributed by atoms with Crippen LogP contribution < -0.4 is 10.6 Å². The van der Waals surface area contributed by atoms with Crippen LogP contribution in [0.1, 0.15) is 45.6 Å². The predicted molar refractivity (Wildman–Crippen MR) is 109 cm³/mol. The lowest BCUT2D eigenvalue weighted by molar-refractivity contribution is -0.119. The highest BCUT2D eigenvalue weighted by molar-refractivity contribution is 7.08. The molecule has 26 heavy (non-hydrogen) atoms. The van der Waals surface area contributed by atoms with Crippen molar-refractivity contribution in [3.05, 3.63) is 40.6 Å². The zero-order valence-electron chi connectivity index (χ0n) is 15.9. The summed E-state index contributed by atoms with van der Waals surface area (Å²) in [6, 6.07) is 10.2. The molecule has 0 fully saturated rings. The van der Waals surface area contributed by atoms with Crippen LogP contribution in [0.2, 0.25) is 0 Å². The van der Waals surface area contributed by atoms with Crippen LogP contribution in [0.5, 0.6) is 0 Å². The summed E-state index contributed by atoms with van der Waals surface area (Å²) in [5.41, 5.74) is 9.99. The lowest BCUT2D eigenvalue weighted by Gasteiger charge is -2.31. The molecule has 2 rings (SSSR count). The molecule has 0 saturated heterocycles. The minimum atomic E-state index is -0.488. The van der Waals surface area contributed by atoms with Gasteiger partial charge in [0.1, 0.15) is 12.6 Å². The van der Waals surface area contributed by atoms with Gasteiger partial charge in [0, 0.05) is 16.3 Å². The van der Waals surface area contributed by atoms with Gasteiger partial charge in [0.25, 0.3) is 0 Å². The second-order valence-corrected chi connectivity index (χ2v) is 8.02. The lowest BCUT2D eigenvalue weighted by atomic mass is 9.98. The first-order chi connectivity index (χ1) is 12.3. The molecule has 138 valence electrons. The quantitative estimate of drug-likeness (QED) is 0.681. The Kier molecular flexibility index (Phi) is 6.82. The average molecular weight is 370 g/mol. The number of hydrogen-bond donors (Lipinski definition) is 1. The zero-order chi connectivity index (χ0) is 19.3. The molecular weight excluding hydrogens is 342 g/mol. The number of amides is 1. The van der Waals surface area contributed by atoms with Gasteiger partial charge in [-0.3, -0.25) is 4.79 Å². The van der Waals surface area contributed by atoms with E-state index in [1.807, 2.05) is 10.3 Å². The van der Waals surface area contributed by atoms with Crippen LogP contribution in [0.25, 0.3) is 11.1 Å². The van der Waals surface area contributed by atoms with Crippen LogP contribution >= 0.6 is 11.3 Å². The molecule has 0 aliphatic rings. The normalized spacial score (nSPS) is 12.2. The Labute approximate surface area is 160 Å². The number of primary amides is 1. The molecular formula is C21H27N3OS. The molecule has 0 aliphatic carbocycles. The van der Waals surface area contributed by atoms with Crippen LogP contribution in [0.4, 0.5) is 5.69 Å². The minimum absolute atomic E-state index is 0.133. The van der Waals surface area contributed by atoms with E-state index in [4.69, 9.17) is 5.73 Å². The van der Waals surface area contributed by atoms with Crippen molar-refractivity contribution in [3.8, 4) is 17.2 Å². The molecule has 0 aliphatic heterocycles. The maximum atomic E-state index is 12.1. The number of thiophene rings is 1. The van der Waals surface area contributed by atoms with Crippen LogP contribution in [0, 0.1) is 17.2 Å². The molecule has 1 amide bonds. The Morgan fingerprint density at radius 2 is 1.85 bits per heavy atom. The molecule has 5 heteroatoms. The zero-order valence-corrected chi connectivity index (χ0v) is 16.7. The van der Waals surface area contributed by atoms with Gasteiger partial charge in [0.15, 0.2) is 0 Å². The van der Waals surface area contributed by atoms with Crippen molar-refractivity contribution in [1.29, 1.82) is 5.26 Å².